The Morgan fingerprint density at radius 2 is 1.59 bits per heavy atom. The molecule has 0 radical (unpaired) electrons. The number of sulfonamides is 1. The van der Waals surface area contributed by atoms with Gasteiger partial charge in [0.2, 0.25) is 11.8 Å². The van der Waals surface area contributed by atoms with E-state index in [1.807, 2.05) is 58.9 Å². The summed E-state index contributed by atoms with van der Waals surface area (Å²) in [5.74, 6) is -0.152. The summed E-state index contributed by atoms with van der Waals surface area (Å²) in [6.45, 7) is 9.71. The van der Waals surface area contributed by atoms with Crippen molar-refractivity contribution in [3.63, 3.8) is 0 Å². The summed E-state index contributed by atoms with van der Waals surface area (Å²) in [6.07, 6.45) is 1.11. The Hall–Kier alpha value is -3.85. The van der Waals surface area contributed by atoms with Crippen molar-refractivity contribution in [2.24, 2.45) is 0 Å². The standard InChI is InChI=1S/C32H41N3O5S/c1-6-25(5)33-32(37)30(7-2)34(22-26-14-12-13-24(4)21-26)31(36)23-35(27-17-19-28(20-18-27)40-8-3)41(38,39)29-15-10-9-11-16-29/h9-21,25,30H,6-8,22-23H2,1-5H3,(H,33,37)/t25-,30+/m0/s1. The Morgan fingerprint density at radius 3 is 2.17 bits per heavy atom. The molecule has 3 aromatic rings. The lowest BCUT2D eigenvalue weighted by Gasteiger charge is -2.33. The molecule has 2 amide bonds. The summed E-state index contributed by atoms with van der Waals surface area (Å²) < 4.78 is 34.4. The van der Waals surface area contributed by atoms with Crippen LogP contribution in [0.1, 0.15) is 51.7 Å². The first kappa shape index (κ1) is 31.7. The lowest BCUT2D eigenvalue weighted by atomic mass is 10.1. The van der Waals surface area contributed by atoms with Crippen molar-refractivity contribution in [2.75, 3.05) is 17.5 Å². The van der Waals surface area contributed by atoms with Crippen LogP contribution in [0.5, 0.6) is 5.75 Å². The third-order valence-electron chi connectivity index (χ3n) is 6.87. The normalized spacial score (nSPS) is 12.7. The van der Waals surface area contributed by atoms with Crippen molar-refractivity contribution in [1.29, 1.82) is 0 Å². The van der Waals surface area contributed by atoms with Crippen LogP contribution in [0.15, 0.2) is 83.8 Å². The van der Waals surface area contributed by atoms with Crippen molar-refractivity contribution >= 4 is 27.5 Å². The number of nitrogens with zero attached hydrogens (tertiary/aromatic N) is 2. The van der Waals surface area contributed by atoms with E-state index in [0.29, 0.717) is 24.5 Å². The van der Waals surface area contributed by atoms with E-state index in [4.69, 9.17) is 4.74 Å². The average molecular weight is 580 g/mol. The highest BCUT2D eigenvalue weighted by Crippen LogP contribution is 2.27. The zero-order valence-electron chi connectivity index (χ0n) is 24.5. The van der Waals surface area contributed by atoms with Gasteiger partial charge in [0.1, 0.15) is 18.3 Å². The topological polar surface area (TPSA) is 96.0 Å². The number of rotatable bonds is 14. The number of carbonyl (C=O) groups excluding carboxylic acids is 2. The number of hydrogen-bond acceptors (Lipinski definition) is 5. The quantitative estimate of drug-likeness (QED) is 0.279. The fourth-order valence-corrected chi connectivity index (χ4v) is 5.93. The van der Waals surface area contributed by atoms with Gasteiger partial charge in [0, 0.05) is 12.6 Å². The second kappa shape index (κ2) is 14.7. The Kier molecular flexibility index (Phi) is 11.3. The second-order valence-corrected chi connectivity index (χ2v) is 11.9. The molecular weight excluding hydrogens is 538 g/mol. The predicted octanol–water partition coefficient (Wildman–Crippen LogP) is 5.31. The number of aryl methyl sites for hydroxylation is 1. The lowest BCUT2D eigenvalue weighted by Crippen LogP contribution is -2.53. The summed E-state index contributed by atoms with van der Waals surface area (Å²) in [6, 6.07) is 21.5. The van der Waals surface area contributed by atoms with E-state index in [0.717, 1.165) is 21.9 Å². The average Bonchev–Trinajstić information content (AvgIpc) is 2.96. The number of carbonyl (C=O) groups is 2. The van der Waals surface area contributed by atoms with Crippen LogP contribution in [0.2, 0.25) is 0 Å². The lowest BCUT2D eigenvalue weighted by molar-refractivity contribution is -0.140. The van der Waals surface area contributed by atoms with Crippen LogP contribution >= 0.6 is 0 Å². The van der Waals surface area contributed by atoms with Gasteiger partial charge >= 0.3 is 0 Å². The first-order valence-electron chi connectivity index (χ1n) is 14.1. The molecule has 0 bridgehead atoms. The molecule has 0 fully saturated rings. The monoisotopic (exact) mass is 579 g/mol. The number of ether oxygens (including phenoxy) is 1. The van der Waals surface area contributed by atoms with E-state index in [1.165, 1.54) is 17.0 Å². The maximum absolute atomic E-state index is 14.1. The second-order valence-electron chi connectivity index (χ2n) is 10.0. The molecule has 0 aromatic heterocycles. The number of amides is 2. The molecule has 0 aliphatic rings. The molecule has 8 nitrogen and oxygen atoms in total. The van der Waals surface area contributed by atoms with Gasteiger partial charge in [-0.3, -0.25) is 13.9 Å². The van der Waals surface area contributed by atoms with Gasteiger partial charge in [-0.1, -0.05) is 61.9 Å². The van der Waals surface area contributed by atoms with Gasteiger partial charge in [0.05, 0.1) is 17.2 Å². The largest absolute Gasteiger partial charge is 0.494 e. The minimum atomic E-state index is -4.12. The van der Waals surface area contributed by atoms with Crippen LogP contribution in [0.4, 0.5) is 5.69 Å². The zero-order chi connectivity index (χ0) is 30.0. The number of anilines is 1. The predicted molar refractivity (Wildman–Crippen MR) is 162 cm³/mol. The molecule has 2 atom stereocenters. The number of nitrogens with one attached hydrogen (secondary N) is 1. The van der Waals surface area contributed by atoms with Crippen molar-refractivity contribution in [3.05, 3.63) is 90.0 Å². The summed E-state index contributed by atoms with van der Waals surface area (Å²) in [5.41, 5.74) is 2.19. The van der Waals surface area contributed by atoms with Gasteiger partial charge in [0.25, 0.3) is 10.0 Å². The molecule has 3 aromatic carbocycles. The summed E-state index contributed by atoms with van der Waals surface area (Å²) >= 11 is 0. The minimum Gasteiger partial charge on any atom is -0.494 e. The molecule has 0 spiro atoms. The fourth-order valence-electron chi connectivity index (χ4n) is 4.49. The van der Waals surface area contributed by atoms with Crippen LogP contribution in [0.3, 0.4) is 0 Å². The Balaban J connectivity index is 2.05. The molecular formula is C32H41N3O5S. The maximum Gasteiger partial charge on any atom is 0.264 e. The third kappa shape index (κ3) is 8.33. The molecule has 3 rings (SSSR count). The van der Waals surface area contributed by atoms with E-state index in [2.05, 4.69) is 5.32 Å². The van der Waals surface area contributed by atoms with E-state index >= 15 is 0 Å². The molecule has 0 heterocycles. The first-order valence-corrected chi connectivity index (χ1v) is 15.5. The van der Waals surface area contributed by atoms with Crippen LogP contribution in [-0.4, -0.2) is 50.4 Å². The smallest absolute Gasteiger partial charge is 0.264 e. The summed E-state index contributed by atoms with van der Waals surface area (Å²) in [7, 11) is -4.12. The molecule has 0 saturated carbocycles. The van der Waals surface area contributed by atoms with Crippen molar-refractivity contribution in [3.8, 4) is 5.75 Å². The van der Waals surface area contributed by atoms with Gasteiger partial charge in [0.15, 0.2) is 0 Å². The van der Waals surface area contributed by atoms with E-state index < -0.39 is 28.5 Å². The van der Waals surface area contributed by atoms with Crippen LogP contribution in [0.25, 0.3) is 0 Å². The molecule has 0 unspecified atom stereocenters. The maximum atomic E-state index is 14.1. The highest BCUT2D eigenvalue weighted by molar-refractivity contribution is 7.92. The highest BCUT2D eigenvalue weighted by Gasteiger charge is 2.34. The van der Waals surface area contributed by atoms with Crippen LogP contribution < -0.4 is 14.4 Å². The number of hydrogen-bond donors (Lipinski definition) is 1. The SMILES string of the molecule is CCOc1ccc(N(CC(=O)N(Cc2cccc(C)c2)[C@H](CC)C(=O)N[C@@H](C)CC)S(=O)(=O)c2ccccc2)cc1. The van der Waals surface area contributed by atoms with Crippen molar-refractivity contribution in [1.82, 2.24) is 10.2 Å². The summed E-state index contributed by atoms with van der Waals surface area (Å²) in [5, 5.41) is 2.99. The Morgan fingerprint density at radius 1 is 0.902 bits per heavy atom. The first-order chi connectivity index (χ1) is 19.6. The van der Waals surface area contributed by atoms with Crippen molar-refractivity contribution < 1.29 is 22.7 Å². The molecule has 41 heavy (non-hydrogen) atoms. The van der Waals surface area contributed by atoms with E-state index in [1.54, 1.807) is 42.5 Å². The minimum absolute atomic E-state index is 0.0634. The number of benzene rings is 3. The third-order valence-corrected chi connectivity index (χ3v) is 8.66. The summed E-state index contributed by atoms with van der Waals surface area (Å²) in [4.78, 5) is 29.1. The van der Waals surface area contributed by atoms with Gasteiger partial charge in [-0.05, 0) is 75.6 Å². The van der Waals surface area contributed by atoms with Crippen LogP contribution in [0, 0.1) is 6.92 Å². The van der Waals surface area contributed by atoms with Gasteiger partial charge < -0.3 is 15.0 Å². The highest BCUT2D eigenvalue weighted by atomic mass is 32.2. The Labute approximate surface area is 244 Å². The Bertz CT molecular complexity index is 1390. The fraction of sp³-hybridized carbons (Fsp3) is 0.375. The molecule has 220 valence electrons. The molecule has 1 N–H and O–H groups in total. The van der Waals surface area contributed by atoms with Crippen molar-refractivity contribution in [2.45, 2.75) is 71.0 Å². The van der Waals surface area contributed by atoms with Gasteiger partial charge in [-0.25, -0.2) is 8.42 Å². The van der Waals surface area contributed by atoms with Gasteiger partial charge in [-0.15, -0.1) is 0 Å². The van der Waals surface area contributed by atoms with E-state index in [9.17, 15) is 18.0 Å². The zero-order valence-corrected chi connectivity index (χ0v) is 25.4. The molecule has 0 saturated heterocycles. The molecule has 0 aliphatic heterocycles. The van der Waals surface area contributed by atoms with Crippen LogP contribution in [-0.2, 0) is 26.2 Å². The van der Waals surface area contributed by atoms with Gasteiger partial charge in [-0.2, -0.15) is 0 Å². The van der Waals surface area contributed by atoms with E-state index in [-0.39, 0.29) is 23.4 Å². The molecule has 0 aliphatic carbocycles. The molecule has 9 heteroatoms.